The lowest BCUT2D eigenvalue weighted by Crippen LogP contribution is -2.59. The van der Waals surface area contributed by atoms with Crippen molar-refractivity contribution in [2.75, 3.05) is 13.2 Å². The number of rotatable bonds is 5. The Labute approximate surface area is 130 Å². The lowest BCUT2D eigenvalue weighted by Gasteiger charge is -2.39. The van der Waals surface area contributed by atoms with Crippen molar-refractivity contribution in [3.8, 4) is 35.5 Å². The Balaban J connectivity index is 2.32. The molecule has 0 aliphatic carbocycles. The number of aliphatic hydroxyl groups excluding tert-OH is 4. The van der Waals surface area contributed by atoms with Crippen LogP contribution >= 0.6 is 0 Å². The maximum atomic E-state index is 9.74. The van der Waals surface area contributed by atoms with Gasteiger partial charge in [-0.2, -0.15) is 0 Å². The van der Waals surface area contributed by atoms with Crippen LogP contribution in [-0.4, -0.2) is 64.3 Å². The Bertz CT molecular complexity index is 510. The van der Waals surface area contributed by atoms with Crippen LogP contribution < -0.4 is 0 Å². The predicted molar refractivity (Wildman–Crippen MR) is 78.0 cm³/mol. The highest BCUT2D eigenvalue weighted by Crippen LogP contribution is 2.21. The van der Waals surface area contributed by atoms with Gasteiger partial charge < -0.3 is 29.9 Å². The molecule has 1 fully saturated rings. The Morgan fingerprint density at radius 2 is 1.73 bits per heavy atom. The van der Waals surface area contributed by atoms with Gasteiger partial charge in [0.15, 0.2) is 6.29 Å². The third-order valence-electron chi connectivity index (χ3n) is 2.98. The van der Waals surface area contributed by atoms with Gasteiger partial charge in [-0.25, -0.2) is 0 Å². The second-order valence-corrected chi connectivity index (χ2v) is 4.60. The quantitative estimate of drug-likeness (QED) is 0.369. The van der Waals surface area contributed by atoms with E-state index in [9.17, 15) is 15.3 Å². The first-order valence-corrected chi connectivity index (χ1v) is 6.93. The molecule has 0 radical (unpaired) electrons. The van der Waals surface area contributed by atoms with Gasteiger partial charge in [-0.1, -0.05) is 11.8 Å². The van der Waals surface area contributed by atoms with Gasteiger partial charge in [0.05, 0.1) is 13.2 Å². The molecular formula is C16H20O6. The highest BCUT2D eigenvalue weighted by Gasteiger charge is 2.43. The summed E-state index contributed by atoms with van der Waals surface area (Å²) in [5.74, 6) is 15.8. The lowest BCUT2D eigenvalue weighted by molar-refractivity contribution is -0.301. The van der Waals surface area contributed by atoms with Crippen LogP contribution in [0.5, 0.6) is 0 Å². The number of aliphatic hydroxyl groups is 4. The van der Waals surface area contributed by atoms with Crippen LogP contribution in [-0.2, 0) is 9.47 Å². The van der Waals surface area contributed by atoms with Crippen LogP contribution in [0.2, 0.25) is 0 Å². The molecule has 1 heterocycles. The third-order valence-corrected chi connectivity index (χ3v) is 2.98. The Morgan fingerprint density at radius 1 is 1.00 bits per heavy atom. The topological polar surface area (TPSA) is 99.4 Å². The van der Waals surface area contributed by atoms with Crippen LogP contribution in [0.1, 0.15) is 19.8 Å². The average Bonchev–Trinajstić information content (AvgIpc) is 2.53. The monoisotopic (exact) mass is 308 g/mol. The van der Waals surface area contributed by atoms with E-state index in [2.05, 4.69) is 35.5 Å². The molecule has 6 heteroatoms. The molecule has 0 aromatic heterocycles. The molecule has 4 N–H and O–H groups in total. The average molecular weight is 308 g/mol. The van der Waals surface area contributed by atoms with Crippen molar-refractivity contribution >= 4 is 0 Å². The van der Waals surface area contributed by atoms with Gasteiger partial charge in [0.25, 0.3) is 0 Å². The van der Waals surface area contributed by atoms with Crippen molar-refractivity contribution in [2.24, 2.45) is 0 Å². The molecule has 0 aromatic carbocycles. The van der Waals surface area contributed by atoms with E-state index in [4.69, 9.17) is 14.6 Å². The van der Waals surface area contributed by atoms with Crippen LogP contribution in [0.25, 0.3) is 0 Å². The van der Waals surface area contributed by atoms with Gasteiger partial charge in [-0.05, 0) is 37.0 Å². The lowest BCUT2D eigenvalue weighted by atomic mass is 9.99. The van der Waals surface area contributed by atoms with Gasteiger partial charge in [0.1, 0.15) is 24.4 Å². The third kappa shape index (κ3) is 5.67. The van der Waals surface area contributed by atoms with Crippen LogP contribution in [0, 0.1) is 35.5 Å². The molecule has 120 valence electrons. The summed E-state index contributed by atoms with van der Waals surface area (Å²) in [6.07, 6.45) is -5.10. The summed E-state index contributed by atoms with van der Waals surface area (Å²) in [6, 6.07) is 0. The van der Waals surface area contributed by atoms with Crippen molar-refractivity contribution in [3.05, 3.63) is 0 Å². The molecule has 0 unspecified atom stereocenters. The summed E-state index contributed by atoms with van der Waals surface area (Å²) in [4.78, 5) is 0. The summed E-state index contributed by atoms with van der Waals surface area (Å²) < 4.78 is 10.5. The molecular weight excluding hydrogens is 288 g/mol. The molecule has 1 rings (SSSR count). The number of unbranched alkanes of at least 4 members (excludes halogenated alkanes) is 1. The Hall–Kier alpha value is -1.56. The summed E-state index contributed by atoms with van der Waals surface area (Å²) in [7, 11) is 0. The Morgan fingerprint density at radius 3 is 2.41 bits per heavy atom. The number of ether oxygens (including phenoxy) is 2. The van der Waals surface area contributed by atoms with Crippen molar-refractivity contribution < 1.29 is 29.9 Å². The van der Waals surface area contributed by atoms with E-state index in [0.717, 1.165) is 0 Å². The zero-order valence-electron chi connectivity index (χ0n) is 12.3. The molecule has 5 atom stereocenters. The predicted octanol–water partition coefficient (Wildman–Crippen LogP) is -1.39. The summed E-state index contributed by atoms with van der Waals surface area (Å²) in [6.45, 7) is 1.47. The summed E-state index contributed by atoms with van der Waals surface area (Å²) >= 11 is 0. The van der Waals surface area contributed by atoms with Gasteiger partial charge in [-0.15, -0.1) is 0 Å². The Kier molecular flexibility index (Phi) is 8.58. The minimum atomic E-state index is -1.43. The fraction of sp³-hybridized carbons (Fsp3) is 0.625. The number of hydrogen-bond acceptors (Lipinski definition) is 6. The first-order chi connectivity index (χ1) is 10.6. The zero-order valence-corrected chi connectivity index (χ0v) is 12.3. The van der Waals surface area contributed by atoms with Gasteiger partial charge in [-0.3, -0.25) is 0 Å². The minimum absolute atomic E-state index is 0.250. The maximum Gasteiger partial charge on any atom is 0.186 e. The summed E-state index contributed by atoms with van der Waals surface area (Å²) in [5.41, 5.74) is 0. The molecule has 0 saturated carbocycles. The van der Waals surface area contributed by atoms with E-state index in [1.54, 1.807) is 6.92 Å². The van der Waals surface area contributed by atoms with E-state index in [1.807, 2.05) is 0 Å². The summed E-state index contributed by atoms with van der Waals surface area (Å²) in [5, 5.41) is 38.0. The van der Waals surface area contributed by atoms with E-state index in [0.29, 0.717) is 12.8 Å². The highest BCUT2D eigenvalue weighted by atomic mass is 16.7. The van der Waals surface area contributed by atoms with Crippen molar-refractivity contribution in [2.45, 2.75) is 50.5 Å². The fourth-order valence-corrected chi connectivity index (χ4v) is 1.80. The first-order valence-electron chi connectivity index (χ1n) is 6.93. The van der Waals surface area contributed by atoms with E-state index < -0.39 is 37.3 Å². The first kappa shape index (κ1) is 18.5. The number of hydrogen-bond donors (Lipinski definition) is 4. The van der Waals surface area contributed by atoms with Crippen molar-refractivity contribution in [1.82, 2.24) is 0 Å². The second-order valence-electron chi connectivity index (χ2n) is 4.60. The second kappa shape index (κ2) is 10.2. The van der Waals surface area contributed by atoms with Gasteiger partial charge >= 0.3 is 0 Å². The molecule has 0 bridgehead atoms. The SMILES string of the molecule is CC#CC#CC#CCCCO[C@@H]1O[C@H](CO)[C@@H](O)[C@H](O)[C@H]1O. The molecule has 0 aromatic rings. The maximum absolute atomic E-state index is 9.74. The van der Waals surface area contributed by atoms with E-state index in [-0.39, 0.29) is 6.61 Å². The molecule has 1 aliphatic heterocycles. The largest absolute Gasteiger partial charge is 0.394 e. The van der Waals surface area contributed by atoms with Crippen LogP contribution in [0.3, 0.4) is 0 Å². The molecule has 0 spiro atoms. The van der Waals surface area contributed by atoms with Gasteiger partial charge in [0, 0.05) is 6.42 Å². The van der Waals surface area contributed by atoms with Gasteiger partial charge in [0.2, 0.25) is 0 Å². The van der Waals surface area contributed by atoms with Crippen LogP contribution in [0.4, 0.5) is 0 Å². The van der Waals surface area contributed by atoms with Crippen LogP contribution in [0.15, 0.2) is 0 Å². The van der Waals surface area contributed by atoms with E-state index in [1.165, 1.54) is 0 Å². The molecule has 1 saturated heterocycles. The van der Waals surface area contributed by atoms with Crippen molar-refractivity contribution in [1.29, 1.82) is 0 Å². The molecule has 1 aliphatic rings. The van der Waals surface area contributed by atoms with E-state index >= 15 is 0 Å². The zero-order chi connectivity index (χ0) is 16.4. The normalized spacial score (nSPS) is 30.1. The highest BCUT2D eigenvalue weighted by molar-refractivity contribution is 5.35. The smallest absolute Gasteiger partial charge is 0.186 e. The molecule has 22 heavy (non-hydrogen) atoms. The molecule has 6 nitrogen and oxygen atoms in total. The van der Waals surface area contributed by atoms with Crippen molar-refractivity contribution in [3.63, 3.8) is 0 Å². The fourth-order valence-electron chi connectivity index (χ4n) is 1.80. The molecule has 0 amide bonds. The standard InChI is InChI=1S/C16H20O6/c1-2-3-4-5-6-7-8-9-10-21-16-15(20)14(19)13(18)12(11-17)22-16/h12-20H,8-11H2,1H3/t12-,13-,14+,15-,16-/m1/s1. The minimum Gasteiger partial charge on any atom is -0.394 e.